The first-order chi connectivity index (χ1) is 7.06. The minimum atomic E-state index is -1.18. The molecular formula is C9H8Cl2O4. The van der Waals surface area contributed by atoms with Gasteiger partial charge in [-0.15, -0.1) is 0 Å². The summed E-state index contributed by atoms with van der Waals surface area (Å²) >= 11 is 11.4. The van der Waals surface area contributed by atoms with Crippen LogP contribution in [0.4, 0.5) is 0 Å². The lowest BCUT2D eigenvalue weighted by atomic mass is 10.2. The highest BCUT2D eigenvalue weighted by atomic mass is 35.5. The second-order valence-electron chi connectivity index (χ2n) is 2.62. The molecule has 0 bridgehead atoms. The number of aromatic carboxylic acids is 1. The predicted molar refractivity (Wildman–Crippen MR) is 55.9 cm³/mol. The van der Waals surface area contributed by atoms with Crippen molar-refractivity contribution in [3.05, 3.63) is 27.7 Å². The van der Waals surface area contributed by atoms with Gasteiger partial charge in [0.15, 0.2) is 6.79 Å². The highest BCUT2D eigenvalue weighted by Gasteiger charge is 2.17. The Labute approximate surface area is 96.3 Å². The van der Waals surface area contributed by atoms with E-state index in [0.29, 0.717) is 5.02 Å². The van der Waals surface area contributed by atoms with E-state index in [4.69, 9.17) is 33.0 Å². The van der Waals surface area contributed by atoms with Crippen molar-refractivity contribution in [2.24, 2.45) is 0 Å². The maximum atomic E-state index is 10.9. The first-order valence-corrected chi connectivity index (χ1v) is 4.66. The SMILES string of the molecule is COCOc1cc(Cl)cc(Cl)c1C(=O)O. The fraction of sp³-hybridized carbons (Fsp3) is 0.222. The van der Waals surface area contributed by atoms with Crippen molar-refractivity contribution in [2.45, 2.75) is 0 Å². The molecule has 0 aliphatic carbocycles. The van der Waals surface area contributed by atoms with Crippen molar-refractivity contribution in [1.82, 2.24) is 0 Å². The number of ether oxygens (including phenoxy) is 2. The summed E-state index contributed by atoms with van der Waals surface area (Å²) < 4.78 is 9.70. The molecule has 6 heteroatoms. The van der Waals surface area contributed by atoms with Crippen LogP contribution < -0.4 is 4.74 Å². The minimum absolute atomic E-state index is 0.0288. The summed E-state index contributed by atoms with van der Waals surface area (Å²) in [7, 11) is 1.42. The zero-order chi connectivity index (χ0) is 11.4. The van der Waals surface area contributed by atoms with Crippen LogP contribution in [0.5, 0.6) is 5.75 Å². The van der Waals surface area contributed by atoms with Gasteiger partial charge in [-0.25, -0.2) is 4.79 Å². The second-order valence-corrected chi connectivity index (χ2v) is 3.46. The van der Waals surface area contributed by atoms with E-state index in [-0.39, 0.29) is 23.1 Å². The van der Waals surface area contributed by atoms with E-state index in [2.05, 4.69) is 4.74 Å². The van der Waals surface area contributed by atoms with E-state index in [1.807, 2.05) is 0 Å². The Morgan fingerprint density at radius 1 is 1.47 bits per heavy atom. The molecule has 1 aromatic rings. The summed E-state index contributed by atoms with van der Waals surface area (Å²) in [5.74, 6) is -1.09. The lowest BCUT2D eigenvalue weighted by molar-refractivity contribution is 0.0484. The Hall–Kier alpha value is -0.970. The lowest BCUT2D eigenvalue weighted by Crippen LogP contribution is -2.06. The number of rotatable bonds is 4. The van der Waals surface area contributed by atoms with Gasteiger partial charge in [0, 0.05) is 12.1 Å². The van der Waals surface area contributed by atoms with Crippen LogP contribution in [0.25, 0.3) is 0 Å². The summed E-state index contributed by atoms with van der Waals surface area (Å²) in [5.41, 5.74) is -0.127. The van der Waals surface area contributed by atoms with Crippen molar-refractivity contribution in [3.8, 4) is 5.75 Å². The van der Waals surface area contributed by atoms with E-state index in [1.54, 1.807) is 0 Å². The smallest absolute Gasteiger partial charge is 0.341 e. The number of methoxy groups -OCH3 is 1. The zero-order valence-electron chi connectivity index (χ0n) is 7.79. The van der Waals surface area contributed by atoms with Crippen molar-refractivity contribution < 1.29 is 19.4 Å². The standard InChI is InChI=1S/C9H8Cl2O4/c1-14-4-15-7-3-5(10)2-6(11)8(7)9(12)13/h2-3H,4H2,1H3,(H,12,13). The third kappa shape index (κ3) is 2.99. The molecule has 4 nitrogen and oxygen atoms in total. The van der Waals surface area contributed by atoms with Gasteiger partial charge in [-0.2, -0.15) is 0 Å². The molecule has 0 spiro atoms. The molecule has 0 heterocycles. The monoisotopic (exact) mass is 250 g/mol. The molecule has 0 radical (unpaired) electrons. The van der Waals surface area contributed by atoms with Gasteiger partial charge in [-0.05, 0) is 12.1 Å². The number of benzene rings is 1. The van der Waals surface area contributed by atoms with Gasteiger partial charge < -0.3 is 14.6 Å². The van der Waals surface area contributed by atoms with Gasteiger partial charge >= 0.3 is 5.97 Å². The van der Waals surface area contributed by atoms with Gasteiger partial charge in [0.05, 0.1) is 5.02 Å². The Bertz CT molecular complexity index is 379. The quantitative estimate of drug-likeness (QED) is 0.836. The molecule has 1 N–H and O–H groups in total. The molecule has 0 saturated carbocycles. The Kier molecular flexibility index (Phi) is 4.20. The van der Waals surface area contributed by atoms with E-state index >= 15 is 0 Å². The summed E-state index contributed by atoms with van der Waals surface area (Å²) in [6.45, 7) is -0.0725. The average Bonchev–Trinajstić information content (AvgIpc) is 2.12. The van der Waals surface area contributed by atoms with Crippen LogP contribution in [0.15, 0.2) is 12.1 Å². The van der Waals surface area contributed by atoms with Crippen LogP contribution in [0.2, 0.25) is 10.0 Å². The van der Waals surface area contributed by atoms with E-state index in [0.717, 1.165) is 0 Å². The van der Waals surface area contributed by atoms with Crippen LogP contribution in [0, 0.1) is 0 Å². The van der Waals surface area contributed by atoms with Gasteiger partial charge in [0.25, 0.3) is 0 Å². The van der Waals surface area contributed by atoms with Crippen molar-refractivity contribution >= 4 is 29.2 Å². The number of carboxylic acids is 1. The first kappa shape index (κ1) is 12.1. The first-order valence-electron chi connectivity index (χ1n) is 3.90. The predicted octanol–water partition coefficient (Wildman–Crippen LogP) is 2.67. The number of halogens is 2. The van der Waals surface area contributed by atoms with Crippen LogP contribution in [-0.4, -0.2) is 25.0 Å². The van der Waals surface area contributed by atoms with Crippen molar-refractivity contribution in [1.29, 1.82) is 0 Å². The topological polar surface area (TPSA) is 55.8 Å². The van der Waals surface area contributed by atoms with Gasteiger partial charge in [-0.1, -0.05) is 23.2 Å². The van der Waals surface area contributed by atoms with E-state index in [1.165, 1.54) is 19.2 Å². The maximum absolute atomic E-state index is 10.9. The lowest BCUT2D eigenvalue weighted by Gasteiger charge is -2.09. The Morgan fingerprint density at radius 2 is 2.13 bits per heavy atom. The average molecular weight is 251 g/mol. The van der Waals surface area contributed by atoms with E-state index in [9.17, 15) is 4.79 Å². The summed E-state index contributed by atoms with van der Waals surface area (Å²) in [6.07, 6.45) is 0. The largest absolute Gasteiger partial charge is 0.478 e. The molecule has 15 heavy (non-hydrogen) atoms. The third-order valence-electron chi connectivity index (χ3n) is 1.56. The molecule has 0 aliphatic rings. The molecule has 82 valence electrons. The molecule has 0 amide bonds. The van der Waals surface area contributed by atoms with Crippen LogP contribution in [0.1, 0.15) is 10.4 Å². The van der Waals surface area contributed by atoms with Crippen LogP contribution in [-0.2, 0) is 4.74 Å². The third-order valence-corrected chi connectivity index (χ3v) is 2.08. The number of hydrogen-bond acceptors (Lipinski definition) is 3. The molecule has 0 aromatic heterocycles. The molecule has 0 saturated heterocycles. The molecular weight excluding hydrogens is 243 g/mol. The van der Waals surface area contributed by atoms with Gasteiger partial charge in [0.1, 0.15) is 11.3 Å². The summed E-state index contributed by atoms with van der Waals surface area (Å²) in [6, 6.07) is 2.71. The normalized spacial score (nSPS) is 10.1. The molecule has 0 atom stereocenters. The molecule has 1 rings (SSSR count). The zero-order valence-corrected chi connectivity index (χ0v) is 9.30. The second kappa shape index (κ2) is 5.21. The van der Waals surface area contributed by atoms with Crippen molar-refractivity contribution in [3.63, 3.8) is 0 Å². The number of carbonyl (C=O) groups is 1. The fourth-order valence-electron chi connectivity index (χ4n) is 0.994. The Morgan fingerprint density at radius 3 is 2.67 bits per heavy atom. The summed E-state index contributed by atoms with van der Waals surface area (Å²) in [4.78, 5) is 10.9. The van der Waals surface area contributed by atoms with Gasteiger partial charge in [-0.3, -0.25) is 0 Å². The van der Waals surface area contributed by atoms with E-state index < -0.39 is 5.97 Å². The van der Waals surface area contributed by atoms with Gasteiger partial charge in [0.2, 0.25) is 0 Å². The number of hydrogen-bond donors (Lipinski definition) is 1. The maximum Gasteiger partial charge on any atom is 0.341 e. The Balaban J connectivity index is 3.14. The number of carboxylic acid groups (broad SMARTS) is 1. The fourth-order valence-corrected chi connectivity index (χ4v) is 1.55. The highest BCUT2D eigenvalue weighted by Crippen LogP contribution is 2.30. The molecule has 0 unspecified atom stereocenters. The molecule has 0 fully saturated rings. The van der Waals surface area contributed by atoms with Crippen molar-refractivity contribution in [2.75, 3.05) is 13.9 Å². The highest BCUT2D eigenvalue weighted by molar-refractivity contribution is 6.37. The molecule has 0 aliphatic heterocycles. The summed E-state index contributed by atoms with van der Waals surface area (Å²) in [5, 5.41) is 9.22. The van der Waals surface area contributed by atoms with Crippen LogP contribution >= 0.6 is 23.2 Å². The molecule has 1 aromatic carbocycles. The minimum Gasteiger partial charge on any atom is -0.478 e. The van der Waals surface area contributed by atoms with Crippen LogP contribution in [0.3, 0.4) is 0 Å².